The number of hydrogen-bond donors (Lipinski definition) is 0. The van der Waals surface area contributed by atoms with Gasteiger partial charge in [0.15, 0.2) is 24.8 Å². The van der Waals surface area contributed by atoms with E-state index in [2.05, 4.69) is 95.7 Å². The lowest BCUT2D eigenvalue weighted by atomic mass is 10.3. The molecule has 0 amide bonds. The van der Waals surface area contributed by atoms with Crippen LogP contribution in [0.5, 0.6) is 0 Å². The molecule has 13 heteroatoms. The van der Waals surface area contributed by atoms with Crippen molar-refractivity contribution in [3.63, 3.8) is 0 Å². The lowest BCUT2D eigenvalue weighted by Gasteiger charge is -2.29. The zero-order chi connectivity index (χ0) is 27.0. The van der Waals surface area contributed by atoms with E-state index in [0.29, 0.717) is 0 Å². The summed E-state index contributed by atoms with van der Waals surface area (Å²) < 4.78 is 94.5. The first-order valence-electron chi connectivity index (χ1n) is 9.84. The number of carbonyl (C=O) groups excluding carboxylic acids is 1. The summed E-state index contributed by atoms with van der Waals surface area (Å²) in [6.45, 7) is 0. The molecule has 5 nitrogen and oxygen atoms in total. The quantitative estimate of drug-likeness (QED) is 0.121. The van der Waals surface area contributed by atoms with Gasteiger partial charge >= 0.3 is 17.4 Å². The molecule has 3 aromatic carbocycles. The molecular weight excluding hydrogens is 551 g/mol. The van der Waals surface area contributed by atoms with E-state index in [1.807, 2.05) is 0 Å². The highest BCUT2D eigenvalue weighted by Gasteiger charge is 2.62. The third-order valence-corrected chi connectivity index (χ3v) is 7.56. The van der Waals surface area contributed by atoms with Gasteiger partial charge in [0.2, 0.25) is 0 Å². The molecule has 0 aliphatic carbocycles. The molecule has 0 aliphatic rings. The first-order valence-corrected chi connectivity index (χ1v) is 13.0. The standard InChI is InChI=1S/C18H15S.C5H4ClF5O5S/c1-4-10-16(11-5-1)19(17-12-6-2-7-13-17)18-14-8-3-9-15-18;6-1-2(12)16-3(4(7,8)9)5(10,11)17(13,14)15/h1-15H;3H,1H2,(H,13,14,15)/q+1;/p-1. The average molecular weight is 569 g/mol. The Labute approximate surface area is 212 Å². The molecule has 194 valence electrons. The third-order valence-electron chi connectivity index (χ3n) is 4.23. The molecule has 1 unspecified atom stereocenters. The van der Waals surface area contributed by atoms with E-state index >= 15 is 0 Å². The molecule has 0 N–H and O–H groups in total. The summed E-state index contributed by atoms with van der Waals surface area (Å²) in [6.07, 6.45) is -10.3. The molecular formula is C23H18ClF5O5S2. The maximum Gasteiger partial charge on any atom is 0.432 e. The van der Waals surface area contributed by atoms with E-state index in [9.17, 15) is 39.7 Å². The number of alkyl halides is 6. The summed E-state index contributed by atoms with van der Waals surface area (Å²) in [5, 5.41) is -5.84. The second kappa shape index (κ2) is 12.5. The molecule has 0 fully saturated rings. The van der Waals surface area contributed by atoms with Crippen molar-refractivity contribution in [1.29, 1.82) is 0 Å². The fourth-order valence-electron chi connectivity index (χ4n) is 2.70. The Morgan fingerprint density at radius 1 is 0.806 bits per heavy atom. The Balaban J connectivity index is 0.000000256. The SMILES string of the molecule is O=C(CCl)OC(C(F)(F)F)C(F)(F)S(=O)(=O)[O-].c1ccc([S+](c2ccccc2)c2ccccc2)cc1. The number of ether oxygens (including phenoxy) is 1. The van der Waals surface area contributed by atoms with E-state index in [0.717, 1.165) is 0 Å². The second-order valence-corrected chi connectivity index (χ2v) is 10.6. The Bertz CT molecular complexity index is 1120. The van der Waals surface area contributed by atoms with Gasteiger partial charge in [-0.05, 0) is 36.4 Å². The van der Waals surface area contributed by atoms with Crippen molar-refractivity contribution in [2.24, 2.45) is 0 Å². The smallest absolute Gasteiger partial charge is 0.432 e. The van der Waals surface area contributed by atoms with Crippen LogP contribution in [0.1, 0.15) is 0 Å². The van der Waals surface area contributed by atoms with Crippen LogP contribution >= 0.6 is 11.6 Å². The molecule has 0 aliphatic heterocycles. The van der Waals surface area contributed by atoms with E-state index < -0.39 is 39.5 Å². The Morgan fingerprint density at radius 3 is 1.39 bits per heavy atom. The van der Waals surface area contributed by atoms with Crippen LogP contribution in [0.3, 0.4) is 0 Å². The van der Waals surface area contributed by atoms with Gasteiger partial charge < -0.3 is 9.29 Å². The number of rotatable bonds is 7. The van der Waals surface area contributed by atoms with Crippen molar-refractivity contribution in [2.75, 3.05) is 5.88 Å². The molecule has 0 radical (unpaired) electrons. The summed E-state index contributed by atoms with van der Waals surface area (Å²) in [4.78, 5) is 14.4. The monoisotopic (exact) mass is 568 g/mol. The first kappa shape index (κ1) is 29.6. The van der Waals surface area contributed by atoms with E-state index in [-0.39, 0.29) is 10.9 Å². The molecule has 0 bridgehead atoms. The number of esters is 1. The van der Waals surface area contributed by atoms with Gasteiger partial charge in [-0.2, -0.15) is 22.0 Å². The van der Waals surface area contributed by atoms with Crippen LogP contribution in [-0.2, 0) is 30.5 Å². The van der Waals surface area contributed by atoms with E-state index in [1.54, 1.807) is 0 Å². The summed E-state index contributed by atoms with van der Waals surface area (Å²) in [6, 6.07) is 32.2. The molecule has 36 heavy (non-hydrogen) atoms. The summed E-state index contributed by atoms with van der Waals surface area (Å²) in [5.74, 6) is -3.17. The first-order chi connectivity index (χ1) is 16.8. The van der Waals surface area contributed by atoms with Crippen LogP contribution in [0.15, 0.2) is 106 Å². The lowest BCUT2D eigenvalue weighted by Crippen LogP contribution is -2.52. The fourth-order valence-corrected chi connectivity index (χ4v) is 5.31. The van der Waals surface area contributed by atoms with Crippen molar-refractivity contribution in [2.45, 2.75) is 32.2 Å². The van der Waals surface area contributed by atoms with E-state index in [4.69, 9.17) is 11.6 Å². The van der Waals surface area contributed by atoms with Crippen molar-refractivity contribution in [3.05, 3.63) is 91.0 Å². The Hall–Kier alpha value is -2.67. The molecule has 0 saturated heterocycles. The third kappa shape index (κ3) is 7.92. The van der Waals surface area contributed by atoms with Gasteiger partial charge in [0.05, 0.1) is 10.9 Å². The minimum absolute atomic E-state index is 0.0146. The topological polar surface area (TPSA) is 83.5 Å². The van der Waals surface area contributed by atoms with Crippen molar-refractivity contribution < 1.29 is 44.5 Å². The van der Waals surface area contributed by atoms with Crippen LogP contribution in [0.2, 0.25) is 0 Å². The maximum absolute atomic E-state index is 12.6. The maximum atomic E-state index is 12.6. The van der Waals surface area contributed by atoms with E-state index in [1.165, 1.54) is 14.7 Å². The molecule has 0 spiro atoms. The Kier molecular flexibility index (Phi) is 10.3. The van der Waals surface area contributed by atoms with Gasteiger partial charge in [0.1, 0.15) is 5.88 Å². The molecule has 0 heterocycles. The average Bonchev–Trinajstić information content (AvgIpc) is 2.83. The van der Waals surface area contributed by atoms with Crippen molar-refractivity contribution in [1.82, 2.24) is 0 Å². The molecule has 3 aromatic rings. The van der Waals surface area contributed by atoms with Gasteiger partial charge in [0, 0.05) is 0 Å². The fraction of sp³-hybridized carbons (Fsp3) is 0.174. The largest absolute Gasteiger partial charge is 0.743 e. The van der Waals surface area contributed by atoms with Crippen molar-refractivity contribution in [3.8, 4) is 0 Å². The lowest BCUT2D eigenvalue weighted by molar-refractivity contribution is -0.258. The normalized spacial score (nSPS) is 12.9. The van der Waals surface area contributed by atoms with Crippen LogP contribution < -0.4 is 0 Å². The predicted octanol–water partition coefficient (Wildman–Crippen LogP) is 5.62. The molecule has 1 atom stereocenters. The Morgan fingerprint density at radius 2 is 1.14 bits per heavy atom. The van der Waals surface area contributed by atoms with Gasteiger partial charge in [-0.1, -0.05) is 54.6 Å². The summed E-state index contributed by atoms with van der Waals surface area (Å²) >= 11 is 4.70. The zero-order valence-corrected chi connectivity index (χ0v) is 20.5. The van der Waals surface area contributed by atoms with Gasteiger partial charge in [0.25, 0.3) is 6.10 Å². The minimum atomic E-state index is -6.66. The molecule has 3 rings (SSSR count). The van der Waals surface area contributed by atoms with Crippen LogP contribution in [0.4, 0.5) is 22.0 Å². The van der Waals surface area contributed by atoms with Crippen LogP contribution in [-0.4, -0.2) is 42.4 Å². The number of carbonyl (C=O) groups is 1. The van der Waals surface area contributed by atoms with Gasteiger partial charge in [-0.15, -0.1) is 11.6 Å². The van der Waals surface area contributed by atoms with Gasteiger partial charge in [-0.25, -0.2) is 8.42 Å². The van der Waals surface area contributed by atoms with Crippen LogP contribution in [0, 0.1) is 0 Å². The molecule has 0 saturated carbocycles. The second-order valence-electron chi connectivity index (χ2n) is 6.81. The summed E-state index contributed by atoms with van der Waals surface area (Å²) in [7, 11) is -6.68. The number of benzene rings is 3. The number of hydrogen-bond acceptors (Lipinski definition) is 5. The molecule has 0 aromatic heterocycles. The van der Waals surface area contributed by atoms with Crippen molar-refractivity contribution >= 4 is 38.6 Å². The highest BCUT2D eigenvalue weighted by atomic mass is 35.5. The van der Waals surface area contributed by atoms with Gasteiger partial charge in [-0.3, -0.25) is 4.79 Å². The minimum Gasteiger partial charge on any atom is -0.743 e. The zero-order valence-electron chi connectivity index (χ0n) is 18.1. The van der Waals surface area contributed by atoms with Crippen LogP contribution in [0.25, 0.3) is 0 Å². The summed E-state index contributed by atoms with van der Waals surface area (Å²) in [5.41, 5.74) is 0. The highest BCUT2D eigenvalue weighted by molar-refractivity contribution is 7.97. The highest BCUT2D eigenvalue weighted by Crippen LogP contribution is 2.38. The number of halogens is 6. The predicted molar refractivity (Wildman–Crippen MR) is 123 cm³/mol.